The van der Waals surface area contributed by atoms with Crippen molar-refractivity contribution in [3.8, 4) is 11.1 Å². The molecule has 0 spiro atoms. The van der Waals surface area contributed by atoms with Gasteiger partial charge in [0, 0.05) is 39.5 Å². The zero-order valence-corrected chi connectivity index (χ0v) is 18.0. The van der Waals surface area contributed by atoms with Gasteiger partial charge in [-0.25, -0.2) is 9.37 Å². The van der Waals surface area contributed by atoms with Crippen molar-refractivity contribution < 1.29 is 4.39 Å². The van der Waals surface area contributed by atoms with Crippen LogP contribution in [0.3, 0.4) is 0 Å². The van der Waals surface area contributed by atoms with Gasteiger partial charge in [0.15, 0.2) is 5.65 Å². The van der Waals surface area contributed by atoms with E-state index < -0.39 is 5.82 Å². The molecule has 2 N–H and O–H groups in total. The Labute approximate surface area is 188 Å². The van der Waals surface area contributed by atoms with E-state index in [0.717, 1.165) is 48.1 Å². The fourth-order valence-corrected chi connectivity index (χ4v) is 4.32. The number of nitrogens with zero attached hydrogens (tertiary/aromatic N) is 4. The van der Waals surface area contributed by atoms with Crippen molar-refractivity contribution in [3.63, 3.8) is 0 Å². The second-order valence-corrected chi connectivity index (χ2v) is 8.30. The first-order chi connectivity index (χ1) is 15.1. The van der Waals surface area contributed by atoms with Crippen LogP contribution in [0, 0.1) is 5.82 Å². The van der Waals surface area contributed by atoms with Crippen LogP contribution in [-0.2, 0) is 0 Å². The number of nitrogens with one attached hydrogen (secondary N) is 2. The minimum Gasteiger partial charge on any atom is -0.317 e. The first kappa shape index (κ1) is 20.2. The molecule has 6 nitrogen and oxygen atoms in total. The highest BCUT2D eigenvalue weighted by Crippen LogP contribution is 2.30. The Kier molecular flexibility index (Phi) is 5.48. The van der Waals surface area contributed by atoms with Gasteiger partial charge in [-0.1, -0.05) is 23.2 Å². The third-order valence-electron chi connectivity index (χ3n) is 5.55. The molecule has 0 amide bonds. The molecule has 1 aliphatic heterocycles. The van der Waals surface area contributed by atoms with E-state index in [1.54, 1.807) is 18.3 Å². The Morgan fingerprint density at radius 1 is 1.10 bits per heavy atom. The number of benzene rings is 1. The normalized spacial score (nSPS) is 15.3. The average molecular weight is 457 g/mol. The van der Waals surface area contributed by atoms with Crippen LogP contribution in [0.1, 0.15) is 30.1 Å². The number of hydrogen-bond acceptors (Lipinski definition) is 4. The summed E-state index contributed by atoms with van der Waals surface area (Å²) in [6, 6.07) is 5.16. The van der Waals surface area contributed by atoms with E-state index in [1.807, 2.05) is 16.9 Å². The Bertz CT molecular complexity index is 1270. The van der Waals surface area contributed by atoms with Crippen molar-refractivity contribution >= 4 is 46.4 Å². The zero-order valence-electron chi connectivity index (χ0n) is 16.4. The predicted molar refractivity (Wildman–Crippen MR) is 122 cm³/mol. The van der Waals surface area contributed by atoms with Gasteiger partial charge in [0.05, 0.1) is 23.0 Å². The molecule has 0 saturated carbocycles. The smallest absolute Gasteiger partial charge is 0.181 e. The molecule has 1 aromatic carbocycles. The lowest BCUT2D eigenvalue weighted by Gasteiger charge is -2.22. The van der Waals surface area contributed by atoms with E-state index in [0.29, 0.717) is 22.3 Å². The Morgan fingerprint density at radius 2 is 1.94 bits per heavy atom. The number of pyridine rings is 1. The largest absolute Gasteiger partial charge is 0.317 e. The Hall–Kier alpha value is -2.74. The molecule has 0 atom stereocenters. The highest BCUT2D eigenvalue weighted by Gasteiger charge is 2.17. The van der Waals surface area contributed by atoms with Crippen molar-refractivity contribution in [1.29, 1.82) is 0 Å². The monoisotopic (exact) mass is 456 g/mol. The van der Waals surface area contributed by atoms with Crippen LogP contribution in [-0.4, -0.2) is 38.1 Å². The van der Waals surface area contributed by atoms with E-state index in [4.69, 9.17) is 23.2 Å². The molecule has 0 unspecified atom stereocenters. The van der Waals surface area contributed by atoms with E-state index in [-0.39, 0.29) is 5.02 Å². The van der Waals surface area contributed by atoms with Gasteiger partial charge < -0.3 is 5.32 Å². The summed E-state index contributed by atoms with van der Waals surface area (Å²) in [5.74, 6) is -0.519. The molecule has 1 aliphatic rings. The van der Waals surface area contributed by atoms with Gasteiger partial charge in [-0.3, -0.25) is 9.78 Å². The molecule has 0 radical (unpaired) electrons. The van der Waals surface area contributed by atoms with E-state index in [1.165, 1.54) is 12.1 Å². The first-order valence-electron chi connectivity index (χ1n) is 10.0. The van der Waals surface area contributed by atoms with Crippen molar-refractivity contribution in [2.24, 2.45) is 0 Å². The predicted octanol–water partition coefficient (Wildman–Crippen LogP) is 5.36. The molecule has 31 heavy (non-hydrogen) atoms. The van der Waals surface area contributed by atoms with Crippen LogP contribution in [0.15, 0.2) is 36.8 Å². The lowest BCUT2D eigenvalue weighted by Crippen LogP contribution is -2.29. The summed E-state index contributed by atoms with van der Waals surface area (Å²) >= 11 is 12.2. The second-order valence-electron chi connectivity index (χ2n) is 7.51. The molecule has 5 rings (SSSR count). The maximum Gasteiger partial charge on any atom is 0.181 e. The van der Waals surface area contributed by atoms with Crippen LogP contribution < -0.4 is 5.32 Å². The maximum absolute atomic E-state index is 13.8. The first-order valence-corrected chi connectivity index (χ1v) is 10.8. The number of piperidine rings is 1. The summed E-state index contributed by atoms with van der Waals surface area (Å²) < 4.78 is 15.8. The molecule has 1 saturated heterocycles. The summed E-state index contributed by atoms with van der Waals surface area (Å²) in [5.41, 5.74) is 3.68. The molecule has 0 aliphatic carbocycles. The molecule has 158 valence electrons. The third-order valence-corrected chi connectivity index (χ3v) is 6.27. The average Bonchev–Trinajstić information content (AvgIpc) is 3.44. The number of aromatic nitrogens is 5. The Morgan fingerprint density at radius 3 is 2.77 bits per heavy atom. The number of hydrogen-bond donors (Lipinski definition) is 2. The minimum absolute atomic E-state index is 0.0169. The summed E-state index contributed by atoms with van der Waals surface area (Å²) in [5, 5.41) is 16.4. The van der Waals surface area contributed by atoms with Crippen molar-refractivity contribution in [1.82, 2.24) is 30.3 Å². The topological polar surface area (TPSA) is 71.4 Å². The number of H-pyrrole nitrogens is 1. The van der Waals surface area contributed by atoms with Crippen LogP contribution in [0.25, 0.3) is 34.3 Å². The van der Waals surface area contributed by atoms with Crippen LogP contribution >= 0.6 is 23.2 Å². The SMILES string of the molecule is Fc1ccc(Cl)c(C=Cc2[nH]nc3ncc(-c4cnn(C5CCNCC5)c4)cc23)c1Cl. The van der Waals surface area contributed by atoms with Gasteiger partial charge in [-0.2, -0.15) is 10.2 Å². The quantitative estimate of drug-likeness (QED) is 0.405. The van der Waals surface area contributed by atoms with Crippen molar-refractivity contribution in [2.75, 3.05) is 13.1 Å². The van der Waals surface area contributed by atoms with E-state index in [2.05, 4.69) is 31.8 Å². The van der Waals surface area contributed by atoms with Gasteiger partial charge >= 0.3 is 0 Å². The number of aromatic amines is 1. The number of halogens is 3. The third kappa shape index (κ3) is 3.96. The molecule has 0 bridgehead atoms. The second kappa shape index (κ2) is 8.42. The van der Waals surface area contributed by atoms with Gasteiger partial charge in [0.25, 0.3) is 0 Å². The lowest BCUT2D eigenvalue weighted by molar-refractivity contribution is 0.343. The number of fused-ring (bicyclic) bond motifs is 1. The van der Waals surface area contributed by atoms with Gasteiger partial charge in [0.1, 0.15) is 5.82 Å². The van der Waals surface area contributed by atoms with E-state index in [9.17, 15) is 4.39 Å². The molecule has 3 aromatic heterocycles. The molecule has 4 heterocycles. The number of rotatable bonds is 4. The van der Waals surface area contributed by atoms with E-state index >= 15 is 0 Å². The summed E-state index contributed by atoms with van der Waals surface area (Å²) in [6.45, 7) is 2.02. The minimum atomic E-state index is -0.519. The summed E-state index contributed by atoms with van der Waals surface area (Å²) in [4.78, 5) is 4.47. The standard InChI is InChI=1S/C22H19Cl2FN6/c23-18-2-3-19(25)21(24)16(18)1-4-20-17-9-13(10-27-22(17)30-29-20)14-11-28-31(12-14)15-5-7-26-8-6-15/h1-4,9-12,15,26H,5-8H2,(H,27,29,30). The fraction of sp³-hybridized carbons (Fsp3) is 0.227. The van der Waals surface area contributed by atoms with Gasteiger partial charge in [-0.05, 0) is 56.3 Å². The maximum atomic E-state index is 13.8. The van der Waals surface area contributed by atoms with Gasteiger partial charge in [0.2, 0.25) is 0 Å². The molecular formula is C22H19Cl2FN6. The molecule has 9 heteroatoms. The lowest BCUT2D eigenvalue weighted by atomic mass is 10.1. The van der Waals surface area contributed by atoms with Crippen molar-refractivity contribution in [2.45, 2.75) is 18.9 Å². The highest BCUT2D eigenvalue weighted by atomic mass is 35.5. The summed E-state index contributed by atoms with van der Waals surface area (Å²) in [7, 11) is 0. The molecule has 1 fully saturated rings. The van der Waals surface area contributed by atoms with Crippen molar-refractivity contribution in [3.05, 3.63) is 63.9 Å². The summed E-state index contributed by atoms with van der Waals surface area (Å²) in [6.07, 6.45) is 11.3. The van der Waals surface area contributed by atoms with Crippen LogP contribution in [0.5, 0.6) is 0 Å². The molecular weight excluding hydrogens is 438 g/mol. The van der Waals surface area contributed by atoms with Crippen LogP contribution in [0.2, 0.25) is 10.0 Å². The van der Waals surface area contributed by atoms with Gasteiger partial charge in [-0.15, -0.1) is 0 Å². The fourth-order valence-electron chi connectivity index (χ4n) is 3.82. The highest BCUT2D eigenvalue weighted by molar-refractivity contribution is 6.37. The molecule has 4 aromatic rings. The zero-order chi connectivity index (χ0) is 21.4. The Balaban J connectivity index is 1.47. The van der Waals surface area contributed by atoms with Crippen LogP contribution in [0.4, 0.5) is 4.39 Å².